The number of benzene rings is 1. The van der Waals surface area contributed by atoms with Gasteiger partial charge in [0.1, 0.15) is 0 Å². The molecule has 0 aromatic heterocycles. The van der Waals surface area contributed by atoms with Crippen LogP contribution in [-0.2, 0) is 0 Å². The molecule has 0 spiro atoms. The number of rotatable bonds is 4. The summed E-state index contributed by atoms with van der Waals surface area (Å²) in [5, 5.41) is 9.36. The molecule has 78 valence electrons. The van der Waals surface area contributed by atoms with E-state index >= 15 is 0 Å². The molecule has 0 heterocycles. The summed E-state index contributed by atoms with van der Waals surface area (Å²) < 4.78 is 0. The Morgan fingerprint density at radius 1 is 1.57 bits per heavy atom. The lowest BCUT2D eigenvalue weighted by molar-refractivity contribution is 0.322. The Morgan fingerprint density at radius 2 is 2.29 bits per heavy atom. The zero-order chi connectivity index (χ0) is 10.6. The largest absolute Gasteiger partial charge is 0.396 e. The number of hydrogen-bond donors (Lipinski definition) is 2. The molecule has 0 amide bonds. The van der Waals surface area contributed by atoms with Crippen LogP contribution in [0.4, 0.5) is 0 Å². The minimum absolute atomic E-state index is 0.0422. The van der Waals surface area contributed by atoms with Gasteiger partial charge < -0.3 is 10.8 Å². The first kappa shape index (κ1) is 11.9. The molecule has 0 aliphatic heterocycles. The van der Waals surface area contributed by atoms with Gasteiger partial charge in [-0.2, -0.15) is 0 Å². The van der Waals surface area contributed by atoms with Gasteiger partial charge in [0.15, 0.2) is 0 Å². The molecule has 1 aromatic rings. The van der Waals surface area contributed by atoms with Gasteiger partial charge in [0, 0.05) is 21.7 Å². The van der Waals surface area contributed by atoms with Crippen LogP contribution in [0.1, 0.15) is 18.5 Å². The maximum Gasteiger partial charge on any atom is 0.0525 e. The van der Waals surface area contributed by atoms with Crippen molar-refractivity contribution in [2.45, 2.75) is 17.9 Å². The van der Waals surface area contributed by atoms with Gasteiger partial charge in [-0.25, -0.2) is 0 Å². The van der Waals surface area contributed by atoms with Gasteiger partial charge in [-0.05, 0) is 24.6 Å². The van der Waals surface area contributed by atoms with Crippen LogP contribution < -0.4 is 5.73 Å². The van der Waals surface area contributed by atoms with E-state index in [2.05, 4.69) is 0 Å². The molecule has 1 rings (SSSR count). The molecule has 0 fully saturated rings. The molecule has 0 aliphatic rings. The first-order valence-electron chi connectivity index (χ1n) is 4.44. The predicted molar refractivity (Wildman–Crippen MR) is 61.9 cm³/mol. The highest BCUT2D eigenvalue weighted by molar-refractivity contribution is 7.99. The van der Waals surface area contributed by atoms with Crippen molar-refractivity contribution in [1.82, 2.24) is 0 Å². The molecular formula is C10H14ClNOS. The van der Waals surface area contributed by atoms with Crippen molar-refractivity contribution in [1.29, 1.82) is 0 Å². The third-order valence-corrected chi connectivity index (χ3v) is 3.12. The molecule has 14 heavy (non-hydrogen) atoms. The number of nitrogens with two attached hydrogens (primary N) is 1. The van der Waals surface area contributed by atoms with Crippen molar-refractivity contribution in [3.8, 4) is 0 Å². The van der Waals surface area contributed by atoms with Crippen molar-refractivity contribution in [2.75, 3.05) is 12.4 Å². The quantitative estimate of drug-likeness (QED) is 0.783. The standard InChI is InChI=1S/C10H14ClNOS/c1-7(12)9-3-2-8(6-10(9)11)14-5-4-13/h2-3,6-7,13H,4-5,12H2,1H3. The van der Waals surface area contributed by atoms with Crippen LogP contribution in [-0.4, -0.2) is 17.5 Å². The fourth-order valence-corrected chi connectivity index (χ4v) is 2.24. The van der Waals surface area contributed by atoms with E-state index < -0.39 is 0 Å². The number of halogens is 1. The highest BCUT2D eigenvalue weighted by Crippen LogP contribution is 2.27. The summed E-state index contributed by atoms with van der Waals surface area (Å²) in [4.78, 5) is 1.06. The minimum Gasteiger partial charge on any atom is -0.396 e. The first-order valence-corrected chi connectivity index (χ1v) is 5.80. The van der Waals surface area contributed by atoms with Crippen molar-refractivity contribution in [2.24, 2.45) is 5.73 Å². The summed E-state index contributed by atoms with van der Waals surface area (Å²) in [5.74, 6) is 0.688. The van der Waals surface area contributed by atoms with E-state index in [0.29, 0.717) is 10.8 Å². The second kappa shape index (κ2) is 5.61. The van der Waals surface area contributed by atoms with E-state index in [-0.39, 0.29) is 12.6 Å². The van der Waals surface area contributed by atoms with E-state index in [1.54, 1.807) is 11.8 Å². The second-order valence-corrected chi connectivity index (χ2v) is 4.62. The minimum atomic E-state index is -0.0422. The smallest absolute Gasteiger partial charge is 0.0525 e. The highest BCUT2D eigenvalue weighted by atomic mass is 35.5. The highest BCUT2D eigenvalue weighted by Gasteiger charge is 2.05. The Hall–Kier alpha value is -0.220. The van der Waals surface area contributed by atoms with Gasteiger partial charge in [0.2, 0.25) is 0 Å². The lowest BCUT2D eigenvalue weighted by Gasteiger charge is -2.09. The maximum absolute atomic E-state index is 8.67. The number of aliphatic hydroxyl groups is 1. The fraction of sp³-hybridized carbons (Fsp3) is 0.400. The van der Waals surface area contributed by atoms with Crippen molar-refractivity contribution in [3.05, 3.63) is 28.8 Å². The van der Waals surface area contributed by atoms with Gasteiger partial charge in [-0.1, -0.05) is 17.7 Å². The zero-order valence-electron chi connectivity index (χ0n) is 8.03. The molecule has 3 N–H and O–H groups in total. The molecule has 1 aromatic carbocycles. The van der Waals surface area contributed by atoms with E-state index in [1.807, 2.05) is 25.1 Å². The molecule has 1 atom stereocenters. The van der Waals surface area contributed by atoms with Gasteiger partial charge >= 0.3 is 0 Å². The van der Waals surface area contributed by atoms with E-state index in [9.17, 15) is 0 Å². The number of hydrogen-bond acceptors (Lipinski definition) is 3. The first-order chi connectivity index (χ1) is 6.65. The molecule has 1 unspecified atom stereocenters. The normalized spacial score (nSPS) is 12.9. The summed E-state index contributed by atoms with van der Waals surface area (Å²) in [7, 11) is 0. The third-order valence-electron chi connectivity index (χ3n) is 1.82. The van der Waals surface area contributed by atoms with Crippen molar-refractivity contribution in [3.63, 3.8) is 0 Å². The predicted octanol–water partition coefficient (Wildman–Crippen LogP) is 2.44. The van der Waals surface area contributed by atoms with E-state index in [4.69, 9.17) is 22.4 Å². The van der Waals surface area contributed by atoms with Crippen LogP contribution >= 0.6 is 23.4 Å². The van der Waals surface area contributed by atoms with Crippen LogP contribution in [0.15, 0.2) is 23.1 Å². The summed E-state index contributed by atoms with van der Waals surface area (Å²) in [6, 6.07) is 5.76. The Kier molecular flexibility index (Phi) is 4.75. The molecule has 0 saturated heterocycles. The SMILES string of the molecule is CC(N)c1ccc(SCCO)cc1Cl. The van der Waals surface area contributed by atoms with Crippen molar-refractivity contribution < 1.29 is 5.11 Å². The van der Waals surface area contributed by atoms with Crippen LogP contribution in [0.25, 0.3) is 0 Å². The Labute approximate surface area is 93.5 Å². The van der Waals surface area contributed by atoms with Crippen LogP contribution in [0.3, 0.4) is 0 Å². The summed E-state index contributed by atoms with van der Waals surface area (Å²) in [6.07, 6.45) is 0. The Bertz CT molecular complexity index is 304. The van der Waals surface area contributed by atoms with Crippen LogP contribution in [0.2, 0.25) is 5.02 Å². The van der Waals surface area contributed by atoms with E-state index in [0.717, 1.165) is 10.5 Å². The monoisotopic (exact) mass is 231 g/mol. The lowest BCUT2D eigenvalue weighted by atomic mass is 10.1. The molecule has 0 bridgehead atoms. The lowest BCUT2D eigenvalue weighted by Crippen LogP contribution is -2.05. The summed E-state index contributed by atoms with van der Waals surface area (Å²) >= 11 is 7.63. The second-order valence-electron chi connectivity index (χ2n) is 3.04. The van der Waals surface area contributed by atoms with Crippen LogP contribution in [0.5, 0.6) is 0 Å². The topological polar surface area (TPSA) is 46.2 Å². The Balaban J connectivity index is 2.78. The third kappa shape index (κ3) is 3.17. The number of aliphatic hydroxyl groups excluding tert-OH is 1. The average Bonchev–Trinajstić information content (AvgIpc) is 2.14. The zero-order valence-corrected chi connectivity index (χ0v) is 9.61. The van der Waals surface area contributed by atoms with Gasteiger partial charge in [0.05, 0.1) is 6.61 Å². The molecule has 0 saturated carbocycles. The summed E-state index contributed by atoms with van der Waals surface area (Å²) in [5.41, 5.74) is 6.69. The molecule has 2 nitrogen and oxygen atoms in total. The van der Waals surface area contributed by atoms with Crippen LogP contribution in [0, 0.1) is 0 Å². The van der Waals surface area contributed by atoms with Gasteiger partial charge in [-0.3, -0.25) is 0 Å². The molecular weight excluding hydrogens is 218 g/mol. The van der Waals surface area contributed by atoms with E-state index in [1.165, 1.54) is 0 Å². The fourth-order valence-electron chi connectivity index (χ4n) is 1.13. The maximum atomic E-state index is 8.67. The number of thioether (sulfide) groups is 1. The summed E-state index contributed by atoms with van der Waals surface area (Å²) in [6.45, 7) is 2.08. The average molecular weight is 232 g/mol. The van der Waals surface area contributed by atoms with Gasteiger partial charge in [0.25, 0.3) is 0 Å². The van der Waals surface area contributed by atoms with Crippen molar-refractivity contribution >= 4 is 23.4 Å². The molecule has 0 aliphatic carbocycles. The van der Waals surface area contributed by atoms with Gasteiger partial charge in [-0.15, -0.1) is 11.8 Å². The molecule has 0 radical (unpaired) electrons. The Morgan fingerprint density at radius 3 is 2.79 bits per heavy atom. The molecule has 4 heteroatoms.